The average molecular weight is 259 g/mol. The standard InChI is InChI=1S/C14H20F3N/c1-3-12(11-7-5-4-6-8-11)13(18-2)9-10-14(15,16)17/h4-8,12-13,18H,3,9-10H2,1-2H3. The van der Waals surface area contributed by atoms with Crippen LogP contribution in [0.5, 0.6) is 0 Å². The molecule has 0 aliphatic rings. The van der Waals surface area contributed by atoms with Gasteiger partial charge in [0.25, 0.3) is 0 Å². The van der Waals surface area contributed by atoms with Gasteiger partial charge in [0, 0.05) is 12.5 Å². The zero-order chi connectivity index (χ0) is 13.6. The average Bonchev–Trinajstić information content (AvgIpc) is 2.34. The van der Waals surface area contributed by atoms with Crippen LogP contribution < -0.4 is 5.32 Å². The minimum absolute atomic E-state index is 0.118. The maximum Gasteiger partial charge on any atom is 0.389 e. The first kappa shape index (κ1) is 15.0. The Morgan fingerprint density at radius 3 is 2.22 bits per heavy atom. The predicted octanol–water partition coefficient (Wildman–Crippen LogP) is 4.11. The third-order valence-electron chi connectivity index (χ3n) is 3.26. The molecule has 0 fully saturated rings. The van der Waals surface area contributed by atoms with Crippen molar-refractivity contribution in [1.29, 1.82) is 0 Å². The predicted molar refractivity (Wildman–Crippen MR) is 67.6 cm³/mol. The normalized spacial score (nSPS) is 15.4. The van der Waals surface area contributed by atoms with Gasteiger partial charge in [-0.15, -0.1) is 0 Å². The van der Waals surface area contributed by atoms with Gasteiger partial charge in [0.05, 0.1) is 0 Å². The molecule has 2 unspecified atom stereocenters. The SMILES string of the molecule is CCC(c1ccccc1)C(CCC(F)(F)F)NC. The van der Waals surface area contributed by atoms with Gasteiger partial charge < -0.3 is 5.32 Å². The highest BCUT2D eigenvalue weighted by molar-refractivity contribution is 5.21. The maximum atomic E-state index is 12.3. The molecular formula is C14H20F3N. The van der Waals surface area contributed by atoms with E-state index in [0.717, 1.165) is 12.0 Å². The molecule has 102 valence electrons. The summed E-state index contributed by atoms with van der Waals surface area (Å²) in [5, 5.41) is 3.02. The lowest BCUT2D eigenvalue weighted by Crippen LogP contribution is -2.33. The Morgan fingerprint density at radius 1 is 1.17 bits per heavy atom. The van der Waals surface area contributed by atoms with E-state index in [2.05, 4.69) is 5.32 Å². The molecule has 18 heavy (non-hydrogen) atoms. The molecule has 0 radical (unpaired) electrons. The summed E-state index contributed by atoms with van der Waals surface area (Å²) in [6, 6.07) is 9.58. The van der Waals surface area contributed by atoms with Crippen molar-refractivity contribution in [2.24, 2.45) is 0 Å². The summed E-state index contributed by atoms with van der Waals surface area (Å²) in [7, 11) is 1.73. The van der Waals surface area contributed by atoms with E-state index >= 15 is 0 Å². The zero-order valence-electron chi connectivity index (χ0n) is 10.8. The summed E-state index contributed by atoms with van der Waals surface area (Å²) in [4.78, 5) is 0. The van der Waals surface area contributed by atoms with E-state index < -0.39 is 12.6 Å². The van der Waals surface area contributed by atoms with Crippen LogP contribution in [0.1, 0.15) is 37.7 Å². The Kier molecular flexibility index (Phi) is 5.66. The quantitative estimate of drug-likeness (QED) is 0.810. The van der Waals surface area contributed by atoms with Crippen LogP contribution in [0.2, 0.25) is 0 Å². The number of alkyl halides is 3. The molecule has 0 saturated carbocycles. The summed E-state index contributed by atoms with van der Waals surface area (Å²) in [5.74, 6) is 0.124. The number of hydrogen-bond acceptors (Lipinski definition) is 1. The van der Waals surface area contributed by atoms with Gasteiger partial charge in [-0.05, 0) is 31.4 Å². The van der Waals surface area contributed by atoms with E-state index in [1.165, 1.54) is 0 Å². The number of rotatable bonds is 6. The molecule has 1 nitrogen and oxygen atoms in total. The molecule has 0 heterocycles. The number of benzene rings is 1. The highest BCUT2D eigenvalue weighted by Gasteiger charge is 2.30. The van der Waals surface area contributed by atoms with E-state index in [-0.39, 0.29) is 18.4 Å². The fourth-order valence-electron chi connectivity index (χ4n) is 2.32. The lowest BCUT2D eigenvalue weighted by Gasteiger charge is -2.27. The van der Waals surface area contributed by atoms with Crippen molar-refractivity contribution < 1.29 is 13.2 Å². The van der Waals surface area contributed by atoms with Crippen LogP contribution in [-0.2, 0) is 0 Å². The summed E-state index contributed by atoms with van der Waals surface area (Å²) in [6.07, 6.45) is -3.87. The van der Waals surface area contributed by atoms with Gasteiger partial charge in [0.15, 0.2) is 0 Å². The van der Waals surface area contributed by atoms with Crippen molar-refractivity contribution in [3.05, 3.63) is 35.9 Å². The smallest absolute Gasteiger partial charge is 0.316 e. The lowest BCUT2D eigenvalue weighted by molar-refractivity contribution is -0.136. The third kappa shape index (κ3) is 4.69. The second kappa shape index (κ2) is 6.78. The molecular weight excluding hydrogens is 239 g/mol. The first-order valence-corrected chi connectivity index (χ1v) is 6.27. The van der Waals surface area contributed by atoms with E-state index in [1.54, 1.807) is 7.05 Å². The molecule has 1 rings (SSSR count). The largest absolute Gasteiger partial charge is 0.389 e. The highest BCUT2D eigenvalue weighted by atomic mass is 19.4. The summed E-state index contributed by atoms with van der Waals surface area (Å²) >= 11 is 0. The molecule has 1 aromatic rings. The van der Waals surface area contributed by atoms with Crippen molar-refractivity contribution in [2.45, 2.75) is 44.3 Å². The summed E-state index contributed by atoms with van der Waals surface area (Å²) in [5.41, 5.74) is 1.10. The van der Waals surface area contributed by atoms with Gasteiger partial charge in [-0.2, -0.15) is 13.2 Å². The maximum absolute atomic E-state index is 12.3. The third-order valence-corrected chi connectivity index (χ3v) is 3.26. The van der Waals surface area contributed by atoms with Gasteiger partial charge >= 0.3 is 6.18 Å². The van der Waals surface area contributed by atoms with Gasteiger partial charge in [0.2, 0.25) is 0 Å². The van der Waals surface area contributed by atoms with Crippen molar-refractivity contribution in [3.63, 3.8) is 0 Å². The van der Waals surface area contributed by atoms with Gasteiger partial charge in [-0.1, -0.05) is 37.3 Å². The van der Waals surface area contributed by atoms with Crippen LogP contribution in [0.15, 0.2) is 30.3 Å². The zero-order valence-corrected chi connectivity index (χ0v) is 10.8. The Hall–Kier alpha value is -1.03. The second-order valence-electron chi connectivity index (χ2n) is 4.47. The molecule has 0 aromatic heterocycles. The molecule has 0 amide bonds. The number of hydrogen-bond donors (Lipinski definition) is 1. The molecule has 0 spiro atoms. The van der Waals surface area contributed by atoms with Crippen molar-refractivity contribution in [1.82, 2.24) is 5.32 Å². The van der Waals surface area contributed by atoms with Crippen molar-refractivity contribution in [3.8, 4) is 0 Å². The number of halogens is 3. The molecule has 2 atom stereocenters. The molecule has 0 aliphatic carbocycles. The lowest BCUT2D eigenvalue weighted by atomic mass is 9.87. The Labute approximate surface area is 106 Å². The Balaban J connectivity index is 2.72. The molecule has 1 N–H and O–H groups in total. The van der Waals surface area contributed by atoms with Crippen LogP contribution >= 0.6 is 0 Å². The topological polar surface area (TPSA) is 12.0 Å². The van der Waals surface area contributed by atoms with Gasteiger partial charge in [-0.25, -0.2) is 0 Å². The second-order valence-corrected chi connectivity index (χ2v) is 4.47. The number of nitrogens with one attached hydrogen (secondary N) is 1. The van der Waals surface area contributed by atoms with Crippen LogP contribution in [0.25, 0.3) is 0 Å². The molecule has 4 heteroatoms. The molecule has 0 bridgehead atoms. The van der Waals surface area contributed by atoms with Gasteiger partial charge in [-0.3, -0.25) is 0 Å². The molecule has 0 saturated heterocycles. The minimum atomic E-state index is -4.08. The highest BCUT2D eigenvalue weighted by Crippen LogP contribution is 2.29. The first-order valence-electron chi connectivity index (χ1n) is 6.27. The van der Waals surface area contributed by atoms with E-state index in [4.69, 9.17) is 0 Å². The first-order chi connectivity index (χ1) is 8.48. The van der Waals surface area contributed by atoms with Crippen LogP contribution in [0, 0.1) is 0 Å². The molecule has 0 aliphatic heterocycles. The fourth-order valence-corrected chi connectivity index (χ4v) is 2.32. The van der Waals surface area contributed by atoms with E-state index in [1.807, 2.05) is 37.3 Å². The van der Waals surface area contributed by atoms with E-state index in [9.17, 15) is 13.2 Å². The van der Waals surface area contributed by atoms with Crippen LogP contribution in [0.4, 0.5) is 13.2 Å². The van der Waals surface area contributed by atoms with Gasteiger partial charge in [0.1, 0.15) is 0 Å². The van der Waals surface area contributed by atoms with Crippen LogP contribution in [-0.4, -0.2) is 19.3 Å². The fraction of sp³-hybridized carbons (Fsp3) is 0.571. The minimum Gasteiger partial charge on any atom is -0.316 e. The van der Waals surface area contributed by atoms with Crippen molar-refractivity contribution in [2.75, 3.05) is 7.05 Å². The Morgan fingerprint density at radius 2 is 1.78 bits per heavy atom. The summed E-state index contributed by atoms with van der Waals surface area (Å²) < 4.78 is 36.9. The van der Waals surface area contributed by atoms with Crippen molar-refractivity contribution >= 4 is 0 Å². The van der Waals surface area contributed by atoms with E-state index in [0.29, 0.717) is 0 Å². The number of likely N-dealkylation sites (N-methyl/N-ethyl adjacent to an activating group) is 1. The van der Waals surface area contributed by atoms with Crippen LogP contribution in [0.3, 0.4) is 0 Å². The monoisotopic (exact) mass is 259 g/mol. The summed E-state index contributed by atoms with van der Waals surface area (Å²) in [6.45, 7) is 2.01. The molecule has 1 aromatic carbocycles. The Bertz CT molecular complexity index is 335.